The first-order valence-electron chi connectivity index (χ1n) is 5.64. The van der Waals surface area contributed by atoms with Crippen LogP contribution in [-0.4, -0.2) is 11.0 Å². The number of nitrogens with two attached hydrogens (primary N) is 1. The minimum absolute atomic E-state index is 0.120. The van der Waals surface area contributed by atoms with Gasteiger partial charge in [0.1, 0.15) is 0 Å². The van der Waals surface area contributed by atoms with E-state index in [4.69, 9.17) is 11.0 Å². The quantitative estimate of drug-likeness (QED) is 0.884. The van der Waals surface area contributed by atoms with Gasteiger partial charge in [-0.05, 0) is 31.2 Å². The lowest BCUT2D eigenvalue weighted by Gasteiger charge is -2.02. The molecule has 0 radical (unpaired) electrons. The Morgan fingerprint density at radius 1 is 1.44 bits per heavy atom. The Hall–Kier alpha value is -1.90. The van der Waals surface area contributed by atoms with E-state index in [0.717, 1.165) is 22.9 Å². The fourth-order valence-electron chi connectivity index (χ4n) is 1.54. The summed E-state index contributed by atoms with van der Waals surface area (Å²) >= 11 is 1.55. The Bertz CT molecular complexity index is 551. The fourth-order valence-corrected chi connectivity index (χ4v) is 2.28. The van der Waals surface area contributed by atoms with Gasteiger partial charge in [-0.2, -0.15) is 5.26 Å². The lowest BCUT2D eigenvalue weighted by molar-refractivity contribution is 0.726. The molecule has 2 rings (SSSR count). The van der Waals surface area contributed by atoms with Gasteiger partial charge >= 0.3 is 0 Å². The topological polar surface area (TPSA) is 74.7 Å². The number of rotatable bonds is 4. The number of thiazole rings is 1. The normalized spacial score (nSPS) is 11.8. The summed E-state index contributed by atoms with van der Waals surface area (Å²) < 4.78 is 0. The number of aromatic nitrogens is 1. The van der Waals surface area contributed by atoms with E-state index in [1.165, 1.54) is 0 Å². The van der Waals surface area contributed by atoms with Crippen molar-refractivity contribution in [3.8, 4) is 6.07 Å². The standard InChI is InChI=1S/C13H14N4S/c1-9(15)6-12-8-18-13(17-12)16-11-4-2-10(7-14)3-5-11/h2-5,8-9H,6,15H2,1H3,(H,16,17). The van der Waals surface area contributed by atoms with Crippen LogP contribution in [0.5, 0.6) is 0 Å². The molecule has 0 saturated carbocycles. The molecule has 0 saturated heterocycles. The van der Waals surface area contributed by atoms with Gasteiger partial charge in [0.05, 0.1) is 17.3 Å². The number of nitrogens with zero attached hydrogens (tertiary/aromatic N) is 2. The van der Waals surface area contributed by atoms with Crippen molar-refractivity contribution in [2.75, 3.05) is 5.32 Å². The first kappa shape index (κ1) is 12.6. The van der Waals surface area contributed by atoms with E-state index < -0.39 is 0 Å². The molecule has 0 aliphatic carbocycles. The van der Waals surface area contributed by atoms with Crippen molar-refractivity contribution in [2.45, 2.75) is 19.4 Å². The van der Waals surface area contributed by atoms with E-state index in [2.05, 4.69) is 16.4 Å². The summed E-state index contributed by atoms with van der Waals surface area (Å²) in [5.74, 6) is 0. The zero-order valence-corrected chi connectivity index (χ0v) is 10.9. The molecule has 4 nitrogen and oxygen atoms in total. The SMILES string of the molecule is CC(N)Cc1csc(Nc2ccc(C#N)cc2)n1. The Kier molecular flexibility index (Phi) is 3.92. The van der Waals surface area contributed by atoms with Crippen molar-refractivity contribution in [3.05, 3.63) is 40.9 Å². The average molecular weight is 258 g/mol. The van der Waals surface area contributed by atoms with Crippen molar-refractivity contribution >= 4 is 22.2 Å². The van der Waals surface area contributed by atoms with Crippen molar-refractivity contribution in [2.24, 2.45) is 5.73 Å². The fraction of sp³-hybridized carbons (Fsp3) is 0.231. The van der Waals surface area contributed by atoms with Crippen LogP contribution in [-0.2, 0) is 6.42 Å². The maximum atomic E-state index is 8.71. The number of nitrogens with one attached hydrogen (secondary N) is 1. The lowest BCUT2D eigenvalue weighted by atomic mass is 10.2. The van der Waals surface area contributed by atoms with Gasteiger partial charge in [0, 0.05) is 23.5 Å². The van der Waals surface area contributed by atoms with Gasteiger partial charge in [-0.3, -0.25) is 0 Å². The van der Waals surface area contributed by atoms with Gasteiger partial charge in [0.15, 0.2) is 5.13 Å². The number of anilines is 2. The van der Waals surface area contributed by atoms with E-state index in [-0.39, 0.29) is 6.04 Å². The van der Waals surface area contributed by atoms with E-state index in [9.17, 15) is 0 Å². The minimum atomic E-state index is 0.120. The van der Waals surface area contributed by atoms with Crippen LogP contribution in [0.25, 0.3) is 0 Å². The molecule has 0 aliphatic rings. The first-order chi connectivity index (χ1) is 8.67. The van der Waals surface area contributed by atoms with Crippen molar-refractivity contribution in [3.63, 3.8) is 0 Å². The van der Waals surface area contributed by atoms with Crippen LogP contribution in [0.3, 0.4) is 0 Å². The molecule has 3 N–H and O–H groups in total. The van der Waals surface area contributed by atoms with E-state index in [1.807, 2.05) is 24.4 Å². The maximum absolute atomic E-state index is 8.71. The molecule has 0 spiro atoms. The summed E-state index contributed by atoms with van der Waals surface area (Å²) in [5, 5.41) is 14.8. The molecule has 1 unspecified atom stereocenters. The van der Waals surface area contributed by atoms with E-state index >= 15 is 0 Å². The summed E-state index contributed by atoms with van der Waals surface area (Å²) in [5.41, 5.74) is 8.31. The Morgan fingerprint density at radius 3 is 2.78 bits per heavy atom. The summed E-state index contributed by atoms with van der Waals surface area (Å²) in [4.78, 5) is 4.45. The summed E-state index contributed by atoms with van der Waals surface area (Å²) in [6.07, 6.45) is 0.783. The summed E-state index contributed by atoms with van der Waals surface area (Å²) in [6, 6.07) is 9.49. The van der Waals surface area contributed by atoms with Crippen LogP contribution >= 0.6 is 11.3 Å². The smallest absolute Gasteiger partial charge is 0.187 e. The highest BCUT2D eigenvalue weighted by Crippen LogP contribution is 2.21. The molecule has 1 aromatic carbocycles. The number of nitriles is 1. The Labute approximate surface area is 110 Å². The van der Waals surface area contributed by atoms with E-state index in [1.54, 1.807) is 23.5 Å². The molecule has 0 bridgehead atoms. The minimum Gasteiger partial charge on any atom is -0.332 e. The predicted octanol–water partition coefficient (Wildman–Crippen LogP) is 2.65. The van der Waals surface area contributed by atoms with Crippen molar-refractivity contribution in [1.82, 2.24) is 4.98 Å². The molecule has 92 valence electrons. The number of hydrogen-bond donors (Lipinski definition) is 2. The largest absolute Gasteiger partial charge is 0.332 e. The maximum Gasteiger partial charge on any atom is 0.187 e. The van der Waals surface area contributed by atoms with Crippen LogP contribution in [0.15, 0.2) is 29.6 Å². The molecule has 5 heteroatoms. The zero-order chi connectivity index (χ0) is 13.0. The van der Waals surface area contributed by atoms with Crippen LogP contribution in [0.1, 0.15) is 18.2 Å². The van der Waals surface area contributed by atoms with E-state index in [0.29, 0.717) is 5.56 Å². The molecule has 18 heavy (non-hydrogen) atoms. The highest BCUT2D eigenvalue weighted by atomic mass is 32.1. The van der Waals surface area contributed by atoms with Crippen molar-refractivity contribution < 1.29 is 0 Å². The second kappa shape index (κ2) is 5.63. The number of benzene rings is 1. The van der Waals surface area contributed by atoms with Gasteiger partial charge in [0.2, 0.25) is 0 Å². The van der Waals surface area contributed by atoms with Crippen LogP contribution < -0.4 is 11.1 Å². The molecule has 1 atom stereocenters. The average Bonchev–Trinajstić information content (AvgIpc) is 2.76. The third kappa shape index (κ3) is 3.29. The molecule has 0 amide bonds. The van der Waals surface area contributed by atoms with Gasteiger partial charge in [-0.1, -0.05) is 0 Å². The van der Waals surface area contributed by atoms with Gasteiger partial charge in [-0.25, -0.2) is 4.98 Å². The molecule has 1 aromatic heterocycles. The Balaban J connectivity index is 2.04. The van der Waals surface area contributed by atoms with Gasteiger partial charge < -0.3 is 11.1 Å². The second-order valence-corrected chi connectivity index (χ2v) is 5.00. The molecular weight excluding hydrogens is 244 g/mol. The molecule has 1 heterocycles. The zero-order valence-electron chi connectivity index (χ0n) is 10.1. The lowest BCUT2D eigenvalue weighted by Crippen LogP contribution is -2.17. The monoisotopic (exact) mass is 258 g/mol. The van der Waals surface area contributed by atoms with Crippen LogP contribution in [0, 0.1) is 11.3 Å². The van der Waals surface area contributed by atoms with Gasteiger partial charge in [0.25, 0.3) is 0 Å². The number of hydrogen-bond acceptors (Lipinski definition) is 5. The van der Waals surface area contributed by atoms with Crippen molar-refractivity contribution in [1.29, 1.82) is 5.26 Å². The van der Waals surface area contributed by atoms with Crippen LogP contribution in [0.4, 0.5) is 10.8 Å². The predicted molar refractivity (Wildman–Crippen MR) is 73.9 cm³/mol. The Morgan fingerprint density at radius 2 is 2.17 bits per heavy atom. The molecule has 0 fully saturated rings. The summed E-state index contributed by atoms with van der Waals surface area (Å²) in [6.45, 7) is 1.97. The second-order valence-electron chi connectivity index (χ2n) is 4.14. The highest BCUT2D eigenvalue weighted by Gasteiger charge is 2.04. The molecular formula is C13H14N4S. The first-order valence-corrected chi connectivity index (χ1v) is 6.52. The molecule has 2 aromatic rings. The third-order valence-corrected chi connectivity index (χ3v) is 3.15. The molecule has 0 aliphatic heterocycles. The summed E-state index contributed by atoms with van der Waals surface area (Å²) in [7, 11) is 0. The van der Waals surface area contributed by atoms with Gasteiger partial charge in [-0.15, -0.1) is 11.3 Å². The van der Waals surface area contributed by atoms with Crippen LogP contribution in [0.2, 0.25) is 0 Å². The highest BCUT2D eigenvalue weighted by molar-refractivity contribution is 7.13. The third-order valence-electron chi connectivity index (χ3n) is 2.35.